The minimum absolute atomic E-state index is 0.392. The zero-order chi connectivity index (χ0) is 14.0. The van der Waals surface area contributed by atoms with Gasteiger partial charge in [-0.25, -0.2) is 0 Å². The van der Waals surface area contributed by atoms with Crippen molar-refractivity contribution in [1.29, 1.82) is 0 Å². The number of nitrogens with two attached hydrogens (primary N) is 1. The highest BCUT2D eigenvalue weighted by molar-refractivity contribution is 7.99. The van der Waals surface area contributed by atoms with Crippen LogP contribution in [0.1, 0.15) is 37.7 Å². The number of hydrogen-bond donors (Lipinski definition) is 1. The predicted molar refractivity (Wildman–Crippen MR) is 87.2 cm³/mol. The molecule has 1 aliphatic carbocycles. The summed E-state index contributed by atoms with van der Waals surface area (Å²) in [5.41, 5.74) is 6.34. The van der Waals surface area contributed by atoms with Gasteiger partial charge < -0.3 is 10.5 Å². The molecule has 0 heterocycles. The molecule has 0 aromatic heterocycles. The lowest BCUT2D eigenvalue weighted by Gasteiger charge is -2.20. The average molecular weight is 289 g/mol. The first-order chi connectivity index (χ1) is 9.88. The fourth-order valence-corrected chi connectivity index (χ4v) is 3.60. The molecular formula is C17H23NOS. The molecule has 2 rings (SSSR count). The monoisotopic (exact) mass is 289 g/mol. The second-order valence-corrected chi connectivity index (χ2v) is 6.42. The number of thioether (sulfide) groups is 1. The molecule has 1 aromatic rings. The highest BCUT2D eigenvalue weighted by atomic mass is 32.2. The zero-order valence-electron chi connectivity index (χ0n) is 11.9. The van der Waals surface area contributed by atoms with Crippen molar-refractivity contribution >= 4 is 11.8 Å². The van der Waals surface area contributed by atoms with Crippen molar-refractivity contribution in [3.63, 3.8) is 0 Å². The summed E-state index contributed by atoms with van der Waals surface area (Å²) in [5.74, 6) is 7.86. The van der Waals surface area contributed by atoms with Gasteiger partial charge in [-0.2, -0.15) is 11.8 Å². The van der Waals surface area contributed by atoms with Crippen molar-refractivity contribution in [3.05, 3.63) is 29.8 Å². The molecule has 0 atom stereocenters. The number of ether oxygens (including phenoxy) is 1. The molecular weight excluding hydrogens is 266 g/mol. The lowest BCUT2D eigenvalue weighted by Crippen LogP contribution is -2.11. The molecule has 108 valence electrons. The standard InChI is InChI=1S/C17H23NOS/c18-11-5-7-15-6-4-8-16(14-15)19-12-13-20-17-9-2-1-3-10-17/h4,6,8,14,17H,1-3,9-13,18H2. The molecule has 20 heavy (non-hydrogen) atoms. The van der Waals surface area contributed by atoms with Crippen LogP contribution in [0.2, 0.25) is 0 Å². The molecule has 2 nitrogen and oxygen atoms in total. The van der Waals surface area contributed by atoms with E-state index in [9.17, 15) is 0 Å². The summed E-state index contributed by atoms with van der Waals surface area (Å²) in [4.78, 5) is 0. The predicted octanol–water partition coefficient (Wildman–Crippen LogP) is 3.44. The maximum Gasteiger partial charge on any atom is 0.120 e. The summed E-state index contributed by atoms with van der Waals surface area (Å²) < 4.78 is 5.80. The Balaban J connectivity index is 1.70. The van der Waals surface area contributed by atoms with E-state index in [4.69, 9.17) is 10.5 Å². The van der Waals surface area contributed by atoms with E-state index < -0.39 is 0 Å². The van der Waals surface area contributed by atoms with Gasteiger partial charge in [-0.05, 0) is 31.0 Å². The van der Waals surface area contributed by atoms with Crippen LogP contribution in [0.25, 0.3) is 0 Å². The van der Waals surface area contributed by atoms with Crippen LogP contribution in [0.15, 0.2) is 24.3 Å². The SMILES string of the molecule is NCC#Cc1cccc(OCCSC2CCCCC2)c1. The van der Waals surface area contributed by atoms with E-state index in [1.165, 1.54) is 32.1 Å². The lowest BCUT2D eigenvalue weighted by molar-refractivity contribution is 0.343. The fourth-order valence-electron chi connectivity index (χ4n) is 2.42. The first-order valence-corrected chi connectivity index (χ1v) is 8.47. The molecule has 1 fully saturated rings. The van der Waals surface area contributed by atoms with Crippen LogP contribution in [0.3, 0.4) is 0 Å². The van der Waals surface area contributed by atoms with Crippen LogP contribution in [-0.2, 0) is 0 Å². The normalized spacial score (nSPS) is 15.4. The van der Waals surface area contributed by atoms with E-state index in [0.717, 1.165) is 28.9 Å². The Morgan fingerprint density at radius 3 is 2.90 bits per heavy atom. The van der Waals surface area contributed by atoms with Crippen molar-refractivity contribution in [3.8, 4) is 17.6 Å². The summed E-state index contributed by atoms with van der Waals surface area (Å²) in [5, 5.41) is 0.856. The van der Waals surface area contributed by atoms with E-state index in [1.54, 1.807) is 0 Å². The van der Waals surface area contributed by atoms with E-state index in [0.29, 0.717) is 6.54 Å². The summed E-state index contributed by atoms with van der Waals surface area (Å²) >= 11 is 2.07. The van der Waals surface area contributed by atoms with E-state index >= 15 is 0 Å². The van der Waals surface area contributed by atoms with E-state index in [-0.39, 0.29) is 0 Å². The number of hydrogen-bond acceptors (Lipinski definition) is 3. The van der Waals surface area contributed by atoms with Gasteiger partial charge in [0.25, 0.3) is 0 Å². The van der Waals surface area contributed by atoms with Gasteiger partial charge in [-0.15, -0.1) is 0 Å². The first-order valence-electron chi connectivity index (χ1n) is 7.42. The van der Waals surface area contributed by atoms with Gasteiger partial charge in [0.1, 0.15) is 5.75 Å². The van der Waals surface area contributed by atoms with Crippen LogP contribution < -0.4 is 10.5 Å². The molecule has 2 N–H and O–H groups in total. The lowest BCUT2D eigenvalue weighted by atomic mass is 10.0. The Morgan fingerprint density at radius 1 is 1.25 bits per heavy atom. The third-order valence-corrected chi connectivity index (χ3v) is 4.77. The van der Waals surface area contributed by atoms with Gasteiger partial charge in [-0.3, -0.25) is 0 Å². The van der Waals surface area contributed by atoms with Gasteiger partial charge in [0.15, 0.2) is 0 Å². The van der Waals surface area contributed by atoms with Crippen LogP contribution in [0.5, 0.6) is 5.75 Å². The van der Waals surface area contributed by atoms with E-state index in [1.807, 2.05) is 24.3 Å². The Hall–Kier alpha value is -1.11. The maximum absolute atomic E-state index is 5.80. The Kier molecular flexibility index (Phi) is 6.83. The minimum Gasteiger partial charge on any atom is -0.493 e. The fraction of sp³-hybridized carbons (Fsp3) is 0.529. The van der Waals surface area contributed by atoms with Gasteiger partial charge in [0.2, 0.25) is 0 Å². The maximum atomic E-state index is 5.80. The van der Waals surface area contributed by atoms with Crippen molar-refractivity contribution in [1.82, 2.24) is 0 Å². The summed E-state index contributed by atoms with van der Waals surface area (Å²) in [7, 11) is 0. The third kappa shape index (κ3) is 5.48. The smallest absolute Gasteiger partial charge is 0.120 e. The highest BCUT2D eigenvalue weighted by Gasteiger charge is 2.13. The molecule has 0 radical (unpaired) electrons. The van der Waals surface area contributed by atoms with Crippen molar-refractivity contribution in [2.24, 2.45) is 5.73 Å². The number of benzene rings is 1. The van der Waals surface area contributed by atoms with Crippen LogP contribution >= 0.6 is 11.8 Å². The van der Waals surface area contributed by atoms with Gasteiger partial charge >= 0.3 is 0 Å². The first kappa shape index (κ1) is 15.3. The minimum atomic E-state index is 0.392. The second-order valence-electron chi connectivity index (χ2n) is 5.01. The Bertz CT molecular complexity index is 458. The van der Waals surface area contributed by atoms with Gasteiger partial charge in [0.05, 0.1) is 13.2 Å². The van der Waals surface area contributed by atoms with Crippen molar-refractivity contribution < 1.29 is 4.74 Å². The van der Waals surface area contributed by atoms with Crippen LogP contribution in [-0.4, -0.2) is 24.2 Å². The van der Waals surface area contributed by atoms with Crippen molar-refractivity contribution in [2.45, 2.75) is 37.4 Å². The number of rotatable bonds is 5. The van der Waals surface area contributed by atoms with Gasteiger partial charge in [-0.1, -0.05) is 37.2 Å². The molecule has 0 bridgehead atoms. The molecule has 3 heteroatoms. The quantitative estimate of drug-likeness (QED) is 0.666. The summed E-state index contributed by atoms with van der Waals surface area (Å²) in [6.45, 7) is 1.16. The third-order valence-electron chi connectivity index (χ3n) is 3.43. The summed E-state index contributed by atoms with van der Waals surface area (Å²) in [6, 6.07) is 7.92. The molecule has 1 saturated carbocycles. The Morgan fingerprint density at radius 2 is 2.10 bits per heavy atom. The topological polar surface area (TPSA) is 35.2 Å². The molecule has 0 unspecified atom stereocenters. The Labute approximate surface area is 126 Å². The molecule has 0 spiro atoms. The largest absolute Gasteiger partial charge is 0.493 e. The van der Waals surface area contributed by atoms with E-state index in [2.05, 4.69) is 23.6 Å². The van der Waals surface area contributed by atoms with Crippen LogP contribution in [0, 0.1) is 11.8 Å². The average Bonchev–Trinajstić information content (AvgIpc) is 2.51. The zero-order valence-corrected chi connectivity index (χ0v) is 12.8. The molecule has 0 saturated heterocycles. The molecule has 1 aliphatic rings. The van der Waals surface area contributed by atoms with Gasteiger partial charge in [0, 0.05) is 16.6 Å². The second kappa shape index (κ2) is 8.94. The summed E-state index contributed by atoms with van der Waals surface area (Å²) in [6.07, 6.45) is 6.99. The van der Waals surface area contributed by atoms with Crippen LogP contribution in [0.4, 0.5) is 0 Å². The molecule has 0 aliphatic heterocycles. The highest BCUT2D eigenvalue weighted by Crippen LogP contribution is 2.28. The van der Waals surface area contributed by atoms with Crippen molar-refractivity contribution in [2.75, 3.05) is 18.9 Å². The molecule has 0 amide bonds. The molecule has 1 aromatic carbocycles.